The lowest BCUT2D eigenvalue weighted by Crippen LogP contribution is -2.41. The number of likely N-dealkylation sites (tertiary alicyclic amines) is 1. The molecule has 3 rings (SSSR count). The Morgan fingerprint density at radius 2 is 1.88 bits per heavy atom. The van der Waals surface area contributed by atoms with E-state index in [1.807, 2.05) is 4.90 Å². The molecule has 2 atom stereocenters. The third kappa shape index (κ3) is 5.07. The van der Waals surface area contributed by atoms with Gasteiger partial charge in [0.1, 0.15) is 5.75 Å². The van der Waals surface area contributed by atoms with Gasteiger partial charge in [0.25, 0.3) is 5.91 Å². The Bertz CT molecular complexity index is 563. The quantitative estimate of drug-likeness (QED) is 0.815. The summed E-state index contributed by atoms with van der Waals surface area (Å²) >= 11 is 5.84. The van der Waals surface area contributed by atoms with Crippen molar-refractivity contribution in [1.29, 1.82) is 0 Å². The van der Waals surface area contributed by atoms with Crippen LogP contribution in [0.5, 0.6) is 5.75 Å². The van der Waals surface area contributed by atoms with Crippen LogP contribution >= 0.6 is 11.6 Å². The first-order chi connectivity index (χ1) is 12.2. The first kappa shape index (κ1) is 18.5. The van der Waals surface area contributed by atoms with Crippen molar-refractivity contribution in [3.63, 3.8) is 0 Å². The van der Waals surface area contributed by atoms with Gasteiger partial charge in [0.2, 0.25) is 0 Å². The molecule has 138 valence electrons. The van der Waals surface area contributed by atoms with Crippen molar-refractivity contribution in [2.75, 3.05) is 59.2 Å². The molecule has 2 aliphatic rings. The number of halogens is 1. The summed E-state index contributed by atoms with van der Waals surface area (Å²) in [6.45, 7) is 5.63. The summed E-state index contributed by atoms with van der Waals surface area (Å²) in [5.74, 6) is 1.00. The number of ether oxygens (including phenoxy) is 2. The maximum absolute atomic E-state index is 12.4. The molecule has 7 heteroatoms. The lowest BCUT2D eigenvalue weighted by atomic mass is 9.96. The molecular formula is C18H25ClN2O4. The SMILES string of the molecule is O=C(COc1ccc(Cl)cc1)N1C[C@@H](CN2CCOCC2)[C@@H](CO)C1. The van der Waals surface area contributed by atoms with E-state index in [0.29, 0.717) is 29.8 Å². The molecule has 1 aromatic rings. The van der Waals surface area contributed by atoms with Gasteiger partial charge in [-0.05, 0) is 30.2 Å². The Morgan fingerprint density at radius 3 is 2.56 bits per heavy atom. The highest BCUT2D eigenvalue weighted by Crippen LogP contribution is 2.25. The molecule has 0 aliphatic carbocycles. The smallest absolute Gasteiger partial charge is 0.260 e. The molecule has 25 heavy (non-hydrogen) atoms. The third-order valence-electron chi connectivity index (χ3n) is 4.94. The standard InChI is InChI=1S/C18H25ClN2O4/c19-16-1-3-17(4-2-16)25-13-18(23)21-10-14(15(11-21)12-22)9-20-5-7-24-8-6-20/h1-4,14-15,22H,5-13H2/t14-,15-/m1/s1. The van der Waals surface area contributed by atoms with Gasteiger partial charge in [-0.15, -0.1) is 0 Å². The van der Waals surface area contributed by atoms with Crippen molar-refractivity contribution in [1.82, 2.24) is 9.80 Å². The Balaban J connectivity index is 1.49. The minimum atomic E-state index is -0.0436. The van der Waals surface area contributed by atoms with Crippen LogP contribution in [0.1, 0.15) is 0 Å². The zero-order valence-corrected chi connectivity index (χ0v) is 15.0. The highest BCUT2D eigenvalue weighted by atomic mass is 35.5. The van der Waals surface area contributed by atoms with Gasteiger partial charge in [0, 0.05) is 50.3 Å². The Labute approximate surface area is 153 Å². The fourth-order valence-corrected chi connectivity index (χ4v) is 3.56. The lowest BCUT2D eigenvalue weighted by Gasteiger charge is -2.30. The highest BCUT2D eigenvalue weighted by Gasteiger charge is 2.36. The van der Waals surface area contributed by atoms with Crippen LogP contribution in [0.3, 0.4) is 0 Å². The Hall–Kier alpha value is -1.34. The van der Waals surface area contributed by atoms with E-state index in [9.17, 15) is 9.90 Å². The van der Waals surface area contributed by atoms with Gasteiger partial charge in [-0.25, -0.2) is 0 Å². The second-order valence-electron chi connectivity index (χ2n) is 6.66. The second kappa shape index (κ2) is 8.85. The van der Waals surface area contributed by atoms with Gasteiger partial charge < -0.3 is 19.5 Å². The number of carbonyl (C=O) groups is 1. The number of aliphatic hydroxyl groups excluding tert-OH is 1. The minimum Gasteiger partial charge on any atom is -0.484 e. The molecule has 0 unspecified atom stereocenters. The first-order valence-electron chi connectivity index (χ1n) is 8.73. The van der Waals surface area contributed by atoms with E-state index in [2.05, 4.69) is 4.90 Å². The van der Waals surface area contributed by atoms with Crippen molar-refractivity contribution in [3.8, 4) is 5.75 Å². The Kier molecular flexibility index (Phi) is 6.53. The van der Waals surface area contributed by atoms with Crippen LogP contribution in [0, 0.1) is 11.8 Å². The summed E-state index contributed by atoms with van der Waals surface area (Å²) in [6.07, 6.45) is 0. The van der Waals surface area contributed by atoms with Crippen LogP contribution in [-0.2, 0) is 9.53 Å². The molecule has 2 fully saturated rings. The van der Waals surface area contributed by atoms with E-state index < -0.39 is 0 Å². The van der Waals surface area contributed by atoms with Crippen molar-refractivity contribution >= 4 is 17.5 Å². The monoisotopic (exact) mass is 368 g/mol. The summed E-state index contributed by atoms with van der Waals surface area (Å²) < 4.78 is 10.9. The molecule has 0 radical (unpaired) electrons. The highest BCUT2D eigenvalue weighted by molar-refractivity contribution is 6.30. The van der Waals surface area contributed by atoms with Gasteiger partial charge >= 0.3 is 0 Å². The second-order valence-corrected chi connectivity index (χ2v) is 7.09. The van der Waals surface area contributed by atoms with E-state index in [4.69, 9.17) is 21.1 Å². The fourth-order valence-electron chi connectivity index (χ4n) is 3.44. The van der Waals surface area contributed by atoms with Crippen molar-refractivity contribution in [2.24, 2.45) is 11.8 Å². The molecule has 1 N–H and O–H groups in total. The molecule has 0 bridgehead atoms. The first-order valence-corrected chi connectivity index (χ1v) is 9.10. The maximum atomic E-state index is 12.4. The summed E-state index contributed by atoms with van der Waals surface area (Å²) in [6, 6.07) is 6.96. The largest absolute Gasteiger partial charge is 0.484 e. The lowest BCUT2D eigenvalue weighted by molar-refractivity contribution is -0.132. The molecule has 6 nitrogen and oxygen atoms in total. The van der Waals surface area contributed by atoms with E-state index in [1.54, 1.807) is 24.3 Å². The number of morpholine rings is 1. The predicted molar refractivity (Wildman–Crippen MR) is 94.9 cm³/mol. The van der Waals surface area contributed by atoms with Crippen LogP contribution in [0.2, 0.25) is 5.02 Å². The molecule has 2 saturated heterocycles. The van der Waals surface area contributed by atoms with Crippen LogP contribution in [0.4, 0.5) is 0 Å². The normalized spacial score (nSPS) is 24.5. The molecule has 2 heterocycles. The predicted octanol–water partition coefficient (Wildman–Crippen LogP) is 1.12. The van der Waals surface area contributed by atoms with Crippen LogP contribution in [-0.4, -0.2) is 80.0 Å². The number of carbonyl (C=O) groups excluding carboxylic acids is 1. The topological polar surface area (TPSA) is 62.2 Å². The molecular weight excluding hydrogens is 344 g/mol. The zero-order valence-electron chi connectivity index (χ0n) is 14.3. The molecule has 0 aromatic heterocycles. The van der Waals surface area contributed by atoms with Gasteiger partial charge in [-0.3, -0.25) is 9.69 Å². The van der Waals surface area contributed by atoms with E-state index in [0.717, 1.165) is 32.8 Å². The molecule has 0 spiro atoms. The van der Waals surface area contributed by atoms with Gasteiger partial charge in [-0.2, -0.15) is 0 Å². The number of nitrogens with zero attached hydrogens (tertiary/aromatic N) is 2. The Morgan fingerprint density at radius 1 is 1.20 bits per heavy atom. The molecule has 2 aliphatic heterocycles. The van der Waals surface area contributed by atoms with Gasteiger partial charge in [0.15, 0.2) is 6.61 Å². The van der Waals surface area contributed by atoms with Gasteiger partial charge in [-0.1, -0.05) is 11.6 Å². The average molecular weight is 369 g/mol. The summed E-state index contributed by atoms with van der Waals surface area (Å²) in [4.78, 5) is 16.6. The maximum Gasteiger partial charge on any atom is 0.260 e. The molecule has 1 amide bonds. The molecule has 1 aromatic carbocycles. The number of benzene rings is 1. The summed E-state index contributed by atoms with van der Waals surface area (Å²) in [5.41, 5.74) is 0. The van der Waals surface area contributed by atoms with E-state index >= 15 is 0 Å². The van der Waals surface area contributed by atoms with Crippen molar-refractivity contribution < 1.29 is 19.4 Å². The zero-order chi connectivity index (χ0) is 17.6. The number of hydrogen-bond acceptors (Lipinski definition) is 5. The summed E-state index contributed by atoms with van der Waals surface area (Å²) in [5, 5.41) is 10.3. The number of rotatable bonds is 6. The van der Waals surface area contributed by atoms with Crippen LogP contribution in [0.25, 0.3) is 0 Å². The van der Waals surface area contributed by atoms with E-state index in [-0.39, 0.29) is 25.0 Å². The summed E-state index contributed by atoms with van der Waals surface area (Å²) in [7, 11) is 0. The number of hydrogen-bond donors (Lipinski definition) is 1. The minimum absolute atomic E-state index is 0.00402. The van der Waals surface area contributed by atoms with Gasteiger partial charge in [0.05, 0.1) is 13.2 Å². The fraction of sp³-hybridized carbons (Fsp3) is 0.611. The van der Waals surface area contributed by atoms with Crippen molar-refractivity contribution in [2.45, 2.75) is 0 Å². The van der Waals surface area contributed by atoms with Crippen molar-refractivity contribution in [3.05, 3.63) is 29.3 Å². The molecule has 0 saturated carbocycles. The number of aliphatic hydroxyl groups is 1. The third-order valence-corrected chi connectivity index (χ3v) is 5.19. The van der Waals surface area contributed by atoms with E-state index in [1.165, 1.54) is 0 Å². The van der Waals surface area contributed by atoms with Crippen LogP contribution < -0.4 is 4.74 Å². The van der Waals surface area contributed by atoms with Crippen LogP contribution in [0.15, 0.2) is 24.3 Å². The number of amides is 1. The average Bonchev–Trinajstić information content (AvgIpc) is 3.05.